The predicted molar refractivity (Wildman–Crippen MR) is 206 cm³/mol. The minimum Gasteiger partial charge on any atom is -0.461 e. The van der Waals surface area contributed by atoms with Crippen molar-refractivity contribution in [3.05, 3.63) is 0 Å². The van der Waals surface area contributed by atoms with Crippen LogP contribution in [0.15, 0.2) is 0 Å². The van der Waals surface area contributed by atoms with Crippen molar-refractivity contribution in [3.8, 4) is 0 Å². The normalized spacial score (nSPS) is 43.9. The molecule has 3 aliphatic heterocycles. The van der Waals surface area contributed by atoms with Crippen molar-refractivity contribution in [3.63, 3.8) is 0 Å². The van der Waals surface area contributed by atoms with Crippen molar-refractivity contribution in [2.75, 3.05) is 14.2 Å². The van der Waals surface area contributed by atoms with Gasteiger partial charge in [0.25, 0.3) is 0 Å². The fourth-order valence-corrected chi connectivity index (χ4v) is 9.13. The zero-order valence-electron chi connectivity index (χ0n) is 36.8. The molecule has 3 aliphatic rings. The van der Waals surface area contributed by atoms with E-state index in [-0.39, 0.29) is 24.2 Å². The summed E-state index contributed by atoms with van der Waals surface area (Å²) < 4.78 is 55.4. The highest BCUT2D eigenvalue weighted by molar-refractivity contribution is 5.83. The van der Waals surface area contributed by atoms with Gasteiger partial charge in [-0.2, -0.15) is 0 Å². The first-order valence-electron chi connectivity index (χ1n) is 20.6. The number of hydrogen-bond donors (Lipinski definition) is 2. The van der Waals surface area contributed by atoms with Crippen LogP contribution in [-0.2, 0) is 61.8 Å². The zero-order chi connectivity index (χ0) is 43.3. The second-order valence-corrected chi connectivity index (χ2v) is 17.4. The van der Waals surface area contributed by atoms with Gasteiger partial charge < -0.3 is 52.8 Å². The van der Waals surface area contributed by atoms with E-state index in [1.807, 2.05) is 27.7 Å². The van der Waals surface area contributed by atoms with Gasteiger partial charge in [0.1, 0.15) is 29.7 Å². The molecule has 1 unspecified atom stereocenters. The van der Waals surface area contributed by atoms with Gasteiger partial charge in [0, 0.05) is 64.6 Å². The summed E-state index contributed by atoms with van der Waals surface area (Å²) in [6.45, 7) is 22.1. The molecule has 15 nitrogen and oxygen atoms in total. The summed E-state index contributed by atoms with van der Waals surface area (Å²) in [5.41, 5.74) is -1.03. The summed E-state index contributed by atoms with van der Waals surface area (Å²) in [5.74, 6) is -6.55. The molecule has 330 valence electrons. The van der Waals surface area contributed by atoms with Gasteiger partial charge in [-0.25, -0.2) is 0 Å². The highest BCUT2D eigenvalue weighted by Crippen LogP contribution is 2.40. The van der Waals surface area contributed by atoms with Gasteiger partial charge in [0.2, 0.25) is 0 Å². The van der Waals surface area contributed by atoms with Crippen molar-refractivity contribution in [2.24, 2.45) is 41.4 Å². The SMILES string of the molecule is CO[C@H]1C[C@@H](C)O[C@@H](O[C@@H]2[C@@H](C)[C@H](O[C@H]3C[C@@](C)(OC)[C@H](OC(C)=O)[C@H](C)O3)[C@@H](C)C(=O)OC([C@@H](C)[C@H](C)O)[C@H](C)[C@H](OC(C)=O)[C@@H](C)C(=O)[C@H](C)C[C@@H]2C)[C@@H]1O. The standard InChI is InChI=1S/C42H72O15/c1-19-16-20(2)35(57-41-34(47)31(49-14)17-21(3)51-41)24(6)38(55-32-18-42(13,50-15)39(28(10)52-32)54-30(12)45)26(8)40(48)56-36(22(4)27(9)43)25(7)37(53-29(11)44)23(5)33(19)46/h19-28,31-32,34-39,41,43,47H,16-18H2,1-15H3/t19-,20+,21-,22+,23+,24-,25+,26-,27+,28+,31+,32+,34-,35+,36?,37-,38+,39-,41+,42-/m1/s1. The molecular weight excluding hydrogens is 744 g/mol. The lowest BCUT2D eigenvalue weighted by Crippen LogP contribution is -2.59. The van der Waals surface area contributed by atoms with Crippen LogP contribution in [-0.4, -0.2) is 127 Å². The first kappa shape index (κ1) is 49.1. The van der Waals surface area contributed by atoms with Crippen molar-refractivity contribution < 1.29 is 72.0 Å². The van der Waals surface area contributed by atoms with Crippen LogP contribution in [0.25, 0.3) is 0 Å². The number of rotatable bonds is 10. The molecule has 3 fully saturated rings. The summed E-state index contributed by atoms with van der Waals surface area (Å²) in [7, 11) is 3.03. The molecule has 0 bridgehead atoms. The molecule has 0 radical (unpaired) electrons. The van der Waals surface area contributed by atoms with Crippen LogP contribution in [0.5, 0.6) is 0 Å². The summed E-state index contributed by atoms with van der Waals surface area (Å²) in [6, 6.07) is 0. The average molecular weight is 817 g/mol. The number of ketones is 1. The molecule has 3 rings (SSSR count). The second-order valence-electron chi connectivity index (χ2n) is 17.4. The lowest BCUT2D eigenvalue weighted by atomic mass is 9.75. The smallest absolute Gasteiger partial charge is 0.311 e. The van der Waals surface area contributed by atoms with E-state index >= 15 is 0 Å². The highest BCUT2D eigenvalue weighted by atomic mass is 16.7. The topological polar surface area (TPSA) is 192 Å². The van der Waals surface area contributed by atoms with Gasteiger partial charge in [-0.15, -0.1) is 0 Å². The van der Waals surface area contributed by atoms with Gasteiger partial charge in [-0.1, -0.05) is 41.5 Å². The number of esters is 3. The molecule has 0 amide bonds. The number of Topliss-reactive ketones (excluding diaryl/α,β-unsaturated/α-hetero) is 1. The molecular formula is C42H72O15. The van der Waals surface area contributed by atoms with E-state index in [0.29, 0.717) is 12.8 Å². The fourth-order valence-electron chi connectivity index (χ4n) is 9.13. The minimum atomic E-state index is -1.14. The average Bonchev–Trinajstić information content (AvgIpc) is 3.14. The van der Waals surface area contributed by atoms with Gasteiger partial charge >= 0.3 is 17.9 Å². The van der Waals surface area contributed by atoms with Crippen LogP contribution in [0.3, 0.4) is 0 Å². The molecule has 57 heavy (non-hydrogen) atoms. The van der Waals surface area contributed by atoms with Gasteiger partial charge in [0.05, 0.1) is 48.5 Å². The number of carbonyl (C=O) groups excluding carboxylic acids is 4. The van der Waals surface area contributed by atoms with Crippen LogP contribution in [0, 0.1) is 41.4 Å². The second kappa shape index (κ2) is 20.8. The molecule has 0 aliphatic carbocycles. The lowest BCUT2D eigenvalue weighted by Gasteiger charge is -2.48. The summed E-state index contributed by atoms with van der Waals surface area (Å²) in [4.78, 5) is 53.4. The largest absolute Gasteiger partial charge is 0.461 e. The molecule has 3 saturated heterocycles. The number of aliphatic hydroxyl groups excluding tert-OH is 2. The summed E-state index contributed by atoms with van der Waals surface area (Å²) in [5, 5.41) is 22.2. The number of hydrogen-bond acceptors (Lipinski definition) is 15. The van der Waals surface area contributed by atoms with Crippen molar-refractivity contribution in [1.82, 2.24) is 0 Å². The molecule has 0 spiro atoms. The monoisotopic (exact) mass is 816 g/mol. The van der Waals surface area contributed by atoms with E-state index in [0.717, 1.165) is 0 Å². The Balaban J connectivity index is 2.21. The molecule has 0 aromatic carbocycles. The van der Waals surface area contributed by atoms with Gasteiger partial charge in [-0.05, 0) is 47.0 Å². The first-order valence-corrected chi connectivity index (χ1v) is 20.6. The fraction of sp³-hybridized carbons (Fsp3) is 0.905. The van der Waals surface area contributed by atoms with Crippen LogP contribution < -0.4 is 0 Å². The van der Waals surface area contributed by atoms with Crippen LogP contribution >= 0.6 is 0 Å². The van der Waals surface area contributed by atoms with E-state index in [4.69, 9.17) is 42.6 Å². The third kappa shape index (κ3) is 12.0. The first-order chi connectivity index (χ1) is 26.5. The predicted octanol–water partition coefficient (Wildman–Crippen LogP) is 4.39. The van der Waals surface area contributed by atoms with Crippen molar-refractivity contribution >= 4 is 23.7 Å². The van der Waals surface area contributed by atoms with Gasteiger partial charge in [-0.3, -0.25) is 19.2 Å². The Morgan fingerprint density at radius 2 is 1.44 bits per heavy atom. The lowest BCUT2D eigenvalue weighted by molar-refractivity contribution is -0.313. The number of cyclic esters (lactones) is 1. The van der Waals surface area contributed by atoms with E-state index in [1.54, 1.807) is 48.5 Å². The van der Waals surface area contributed by atoms with Crippen molar-refractivity contribution in [1.29, 1.82) is 0 Å². The summed E-state index contributed by atoms with van der Waals surface area (Å²) in [6.07, 6.45) is -9.24. The summed E-state index contributed by atoms with van der Waals surface area (Å²) >= 11 is 0. The Bertz CT molecular complexity index is 1340. The zero-order valence-corrected chi connectivity index (χ0v) is 36.8. The molecule has 0 saturated carbocycles. The van der Waals surface area contributed by atoms with E-state index in [1.165, 1.54) is 28.1 Å². The van der Waals surface area contributed by atoms with Gasteiger partial charge in [0.15, 0.2) is 18.7 Å². The number of carbonyl (C=O) groups is 4. The third-order valence-corrected chi connectivity index (χ3v) is 12.7. The number of methoxy groups -OCH3 is 2. The quantitative estimate of drug-likeness (QED) is 0.233. The Morgan fingerprint density at radius 1 is 0.825 bits per heavy atom. The molecule has 3 heterocycles. The number of ether oxygens (including phenoxy) is 9. The maximum absolute atomic E-state index is 14.6. The van der Waals surface area contributed by atoms with E-state index in [9.17, 15) is 29.4 Å². The number of aliphatic hydroxyl groups is 2. The van der Waals surface area contributed by atoms with E-state index in [2.05, 4.69) is 0 Å². The third-order valence-electron chi connectivity index (χ3n) is 12.7. The van der Waals surface area contributed by atoms with Crippen molar-refractivity contribution in [2.45, 2.75) is 188 Å². The molecule has 2 N–H and O–H groups in total. The Morgan fingerprint density at radius 3 is 1.98 bits per heavy atom. The molecule has 0 aromatic heterocycles. The maximum Gasteiger partial charge on any atom is 0.311 e. The maximum atomic E-state index is 14.6. The Hall–Kier alpha value is -2.24. The Kier molecular flexibility index (Phi) is 18.0. The van der Waals surface area contributed by atoms with Crippen LogP contribution in [0.4, 0.5) is 0 Å². The van der Waals surface area contributed by atoms with Crippen LogP contribution in [0.1, 0.15) is 109 Å². The minimum absolute atomic E-state index is 0.127. The molecule has 20 atom stereocenters. The molecule has 15 heteroatoms. The Labute approximate surface area is 339 Å². The van der Waals surface area contributed by atoms with Crippen LogP contribution in [0.2, 0.25) is 0 Å². The molecule has 0 aromatic rings. The highest BCUT2D eigenvalue weighted by Gasteiger charge is 2.52. The van der Waals surface area contributed by atoms with E-state index < -0.39 is 127 Å².